The Balaban J connectivity index is 0.000000144. The highest BCUT2D eigenvalue weighted by molar-refractivity contribution is 5.72. The molecule has 12 aromatic rings. The molecule has 0 saturated heterocycles. The second kappa shape index (κ2) is 25.6. The average Bonchev–Trinajstić information content (AvgIpc) is 2.65. The van der Waals surface area contributed by atoms with Gasteiger partial charge in [0.05, 0.1) is 51.9 Å². The summed E-state index contributed by atoms with van der Waals surface area (Å²) in [5.41, 5.74) is 24.2. The Morgan fingerprint density at radius 3 is 0.885 bits per heavy atom. The van der Waals surface area contributed by atoms with Crippen molar-refractivity contribution in [2.45, 2.75) is 38.9 Å². The zero-order valence-corrected chi connectivity index (χ0v) is 46.7. The van der Waals surface area contributed by atoms with Gasteiger partial charge in [-0.1, -0.05) is 109 Å². The molecule has 9 N–H and O–H groups in total. The molecule has 87 heavy (non-hydrogen) atoms. The molecular weight excluding hydrogens is 1100 g/mol. The summed E-state index contributed by atoms with van der Waals surface area (Å²) in [5, 5.41) is 37.6. The second-order valence-corrected chi connectivity index (χ2v) is 19.3. The van der Waals surface area contributed by atoms with Gasteiger partial charge in [-0.3, -0.25) is 27.6 Å². The van der Waals surface area contributed by atoms with Crippen LogP contribution in [0.1, 0.15) is 72.7 Å². The SMILES string of the molecule is CC(Nc1ncnc(N)c1C#N)c1nc2ccccn2c(=O)c1-c1ccccc1.C[C@@H](Nc1ncnc(N)c1C#N)c1nc2ccccn2c(=O)c1-c1ccccc1.C[C@H](Nc1ncnc(N)c1C#N)c1nc2ccccn2c(=O)c1-c1ccccc1. The monoisotopic (exact) mass is 1150 g/mol. The van der Waals surface area contributed by atoms with Crippen molar-refractivity contribution in [3.8, 4) is 51.6 Å². The summed E-state index contributed by atoms with van der Waals surface area (Å²) in [4.78, 5) is 78.0. The summed E-state index contributed by atoms with van der Waals surface area (Å²) in [7, 11) is 0. The molecule has 9 aromatic heterocycles. The molecule has 12 rings (SSSR count). The van der Waals surface area contributed by atoms with Crippen molar-refractivity contribution in [2.24, 2.45) is 0 Å². The number of nitrogens with two attached hydrogens (primary N) is 3. The van der Waals surface area contributed by atoms with Crippen LogP contribution in [-0.4, -0.2) is 58.1 Å². The molecule has 3 atom stereocenters. The van der Waals surface area contributed by atoms with E-state index in [0.29, 0.717) is 68.2 Å². The lowest BCUT2D eigenvalue weighted by atomic mass is 10.0. The van der Waals surface area contributed by atoms with Crippen LogP contribution in [0.4, 0.5) is 34.9 Å². The minimum Gasteiger partial charge on any atom is -0.382 e. The lowest BCUT2D eigenvalue weighted by molar-refractivity contribution is 0.822. The maximum absolute atomic E-state index is 13.3. The summed E-state index contributed by atoms with van der Waals surface area (Å²) < 4.78 is 4.55. The number of pyridine rings is 3. The first-order valence-corrected chi connectivity index (χ1v) is 26.8. The number of nitriles is 3. The zero-order valence-electron chi connectivity index (χ0n) is 46.7. The molecule has 24 heteroatoms. The lowest BCUT2D eigenvalue weighted by Gasteiger charge is -2.19. The van der Waals surface area contributed by atoms with Crippen LogP contribution < -0.4 is 49.8 Å². The van der Waals surface area contributed by atoms with Crippen LogP contribution in [0, 0.1) is 34.0 Å². The minimum atomic E-state index is -0.426. The number of nitrogens with zero attached hydrogens (tertiary/aromatic N) is 15. The predicted molar refractivity (Wildman–Crippen MR) is 330 cm³/mol. The van der Waals surface area contributed by atoms with Crippen molar-refractivity contribution < 1.29 is 0 Å². The molecule has 426 valence electrons. The number of anilines is 6. The predicted octanol–water partition coefficient (Wildman–Crippen LogP) is 8.34. The van der Waals surface area contributed by atoms with E-state index < -0.39 is 18.1 Å². The molecule has 0 fully saturated rings. The van der Waals surface area contributed by atoms with Gasteiger partial charge in [0.25, 0.3) is 16.7 Å². The van der Waals surface area contributed by atoms with Crippen molar-refractivity contribution in [3.05, 3.63) is 248 Å². The number of hydrogen-bond donors (Lipinski definition) is 6. The fourth-order valence-corrected chi connectivity index (χ4v) is 9.56. The summed E-state index contributed by atoms with van der Waals surface area (Å²) in [6, 6.07) is 49.0. The van der Waals surface area contributed by atoms with Crippen LogP contribution in [0.3, 0.4) is 0 Å². The number of nitrogen functional groups attached to an aromatic ring is 3. The highest BCUT2D eigenvalue weighted by atomic mass is 16.1. The third kappa shape index (κ3) is 12.0. The molecule has 9 heterocycles. The first-order valence-electron chi connectivity index (χ1n) is 26.8. The van der Waals surface area contributed by atoms with E-state index >= 15 is 0 Å². The van der Waals surface area contributed by atoms with Gasteiger partial charge in [-0.25, -0.2) is 44.9 Å². The van der Waals surface area contributed by atoms with Crippen molar-refractivity contribution >= 4 is 51.8 Å². The molecule has 1 unspecified atom stereocenters. The van der Waals surface area contributed by atoms with Crippen LogP contribution in [0.15, 0.2) is 198 Å². The van der Waals surface area contributed by atoms with Gasteiger partial charge in [-0.2, -0.15) is 15.8 Å². The molecule has 0 bridgehead atoms. The van der Waals surface area contributed by atoms with Crippen molar-refractivity contribution in [2.75, 3.05) is 33.2 Å². The molecule has 0 saturated carbocycles. The second-order valence-electron chi connectivity index (χ2n) is 19.3. The van der Waals surface area contributed by atoms with Gasteiger partial charge >= 0.3 is 0 Å². The first kappa shape index (κ1) is 57.5. The van der Waals surface area contributed by atoms with Crippen molar-refractivity contribution in [3.63, 3.8) is 0 Å². The molecule has 24 nitrogen and oxygen atoms in total. The van der Waals surface area contributed by atoms with Crippen LogP contribution >= 0.6 is 0 Å². The van der Waals surface area contributed by atoms with Gasteiger partial charge in [-0.05, 0) is 73.9 Å². The van der Waals surface area contributed by atoms with E-state index in [4.69, 9.17) is 32.2 Å². The minimum absolute atomic E-state index is 0.0898. The van der Waals surface area contributed by atoms with Gasteiger partial charge in [0, 0.05) is 18.6 Å². The van der Waals surface area contributed by atoms with Gasteiger partial charge in [-0.15, -0.1) is 0 Å². The molecule has 0 spiro atoms. The largest absolute Gasteiger partial charge is 0.382 e. The van der Waals surface area contributed by atoms with E-state index in [2.05, 4.69) is 45.9 Å². The Labute approximate surface area is 495 Å². The van der Waals surface area contributed by atoms with Crippen LogP contribution in [0.2, 0.25) is 0 Å². The van der Waals surface area contributed by atoms with E-state index in [1.54, 1.807) is 55.0 Å². The molecule has 0 radical (unpaired) electrons. The van der Waals surface area contributed by atoms with Gasteiger partial charge in [0.2, 0.25) is 0 Å². The number of rotatable bonds is 12. The van der Waals surface area contributed by atoms with Crippen LogP contribution in [0.5, 0.6) is 0 Å². The lowest BCUT2D eigenvalue weighted by Crippen LogP contribution is -2.23. The Bertz CT molecular complexity index is 4360. The van der Waals surface area contributed by atoms with E-state index in [-0.39, 0.29) is 50.8 Å². The van der Waals surface area contributed by atoms with Gasteiger partial charge < -0.3 is 33.2 Å². The van der Waals surface area contributed by atoms with E-state index in [1.807, 2.05) is 148 Å². The summed E-state index contributed by atoms with van der Waals surface area (Å²) in [5.74, 6) is 1.15. The van der Waals surface area contributed by atoms with Crippen LogP contribution in [-0.2, 0) is 0 Å². The number of benzene rings is 3. The Morgan fingerprint density at radius 1 is 0.379 bits per heavy atom. The summed E-state index contributed by atoms with van der Waals surface area (Å²) in [6.07, 6.45) is 8.93. The Morgan fingerprint density at radius 2 is 0.632 bits per heavy atom. The molecule has 0 aliphatic rings. The first-order chi connectivity index (χ1) is 42.3. The van der Waals surface area contributed by atoms with E-state index in [0.717, 1.165) is 16.7 Å². The number of fused-ring (bicyclic) bond motifs is 3. The topological polar surface area (TPSA) is 366 Å². The van der Waals surface area contributed by atoms with Gasteiger partial charge in [0.1, 0.15) is 106 Å². The summed E-state index contributed by atoms with van der Waals surface area (Å²) in [6.45, 7) is 5.56. The standard InChI is InChI=1S/3C21H17N7O/c3*1-13(26-20-15(11-22)19(23)24-12-25-20)18-17(14-7-3-2-4-8-14)21(29)28-10-6-5-9-16(28)27-18/h3*2-10,12-13H,1H3,(H3,23,24,25,26)/t2*13-;/m10./s1. The fourth-order valence-electron chi connectivity index (χ4n) is 9.56. The smallest absolute Gasteiger partial charge is 0.266 e. The highest BCUT2D eigenvalue weighted by Crippen LogP contribution is 2.32. The molecule has 0 aliphatic carbocycles. The number of nitrogens with one attached hydrogen (secondary N) is 3. The third-order valence-corrected chi connectivity index (χ3v) is 13.7. The van der Waals surface area contributed by atoms with E-state index in [9.17, 15) is 30.2 Å². The third-order valence-electron chi connectivity index (χ3n) is 13.7. The Kier molecular flexibility index (Phi) is 16.9. The van der Waals surface area contributed by atoms with Gasteiger partial charge in [0.15, 0.2) is 0 Å². The molecule has 0 aliphatic heterocycles. The number of hydrogen-bond acceptors (Lipinski definition) is 21. The summed E-state index contributed by atoms with van der Waals surface area (Å²) >= 11 is 0. The number of aromatic nitrogens is 12. The van der Waals surface area contributed by atoms with Crippen LogP contribution in [0.25, 0.3) is 50.3 Å². The average molecular weight is 1150 g/mol. The molecule has 0 amide bonds. The van der Waals surface area contributed by atoms with Crippen molar-refractivity contribution in [1.82, 2.24) is 58.1 Å². The normalized spacial score (nSPS) is 11.7. The molecule has 3 aromatic carbocycles. The zero-order chi connectivity index (χ0) is 61.1. The highest BCUT2D eigenvalue weighted by Gasteiger charge is 2.25. The quantitative estimate of drug-likeness (QED) is 0.0669. The Hall–Kier alpha value is -12.8. The maximum Gasteiger partial charge on any atom is 0.266 e. The molecular formula is C63H51N21O3. The van der Waals surface area contributed by atoms with E-state index in [1.165, 1.54) is 32.2 Å². The van der Waals surface area contributed by atoms with Crippen molar-refractivity contribution in [1.29, 1.82) is 15.8 Å². The fraction of sp³-hybridized carbons (Fsp3) is 0.0952. The maximum atomic E-state index is 13.3.